The normalized spacial score (nSPS) is 16.6. The first-order valence-electron chi connectivity index (χ1n) is 9.46. The molecule has 2 aromatic rings. The highest BCUT2D eigenvalue weighted by Gasteiger charge is 2.32. The molecule has 1 N–H and O–H groups in total. The lowest BCUT2D eigenvalue weighted by Crippen LogP contribution is -2.50. The zero-order valence-electron chi connectivity index (χ0n) is 16.5. The van der Waals surface area contributed by atoms with Gasteiger partial charge in [0.2, 0.25) is 0 Å². The van der Waals surface area contributed by atoms with Crippen LogP contribution < -0.4 is 10.1 Å². The van der Waals surface area contributed by atoms with Gasteiger partial charge in [0.15, 0.2) is 5.60 Å². The Labute approximate surface area is 170 Å². The molecule has 2 heterocycles. The summed E-state index contributed by atoms with van der Waals surface area (Å²) in [7, 11) is 0. The quantitative estimate of drug-likeness (QED) is 0.761. The minimum atomic E-state index is -1.03. The van der Waals surface area contributed by atoms with Crippen LogP contribution >= 0.6 is 11.6 Å². The van der Waals surface area contributed by atoms with Crippen molar-refractivity contribution in [2.24, 2.45) is 0 Å². The highest BCUT2D eigenvalue weighted by molar-refractivity contribution is 6.30. The van der Waals surface area contributed by atoms with Gasteiger partial charge in [-0.3, -0.25) is 9.69 Å². The number of halogens is 1. The van der Waals surface area contributed by atoms with Crippen LogP contribution in [-0.4, -0.2) is 49.3 Å². The number of nitrogens with one attached hydrogen (secondary N) is 1. The van der Waals surface area contributed by atoms with E-state index in [0.29, 0.717) is 30.5 Å². The molecule has 1 unspecified atom stereocenters. The first kappa shape index (κ1) is 20.7. The minimum absolute atomic E-state index is 0.0483. The van der Waals surface area contributed by atoms with E-state index in [0.717, 1.165) is 24.6 Å². The van der Waals surface area contributed by atoms with Crippen LogP contribution in [0, 0.1) is 6.92 Å². The van der Waals surface area contributed by atoms with E-state index in [-0.39, 0.29) is 11.9 Å². The number of hydrogen-bond donors (Lipinski definition) is 1. The summed E-state index contributed by atoms with van der Waals surface area (Å²) in [5.41, 5.74) is -1.03. The third-order valence-electron chi connectivity index (χ3n) is 4.77. The van der Waals surface area contributed by atoms with Crippen LogP contribution in [0.5, 0.6) is 5.75 Å². The largest absolute Gasteiger partial charge is 0.478 e. The Kier molecular flexibility index (Phi) is 6.65. The molecular weight excluding hydrogens is 380 g/mol. The fourth-order valence-electron chi connectivity index (χ4n) is 3.18. The predicted octanol–water partition coefficient (Wildman–Crippen LogP) is 3.59. The molecular formula is C21H27ClN2O4. The summed E-state index contributed by atoms with van der Waals surface area (Å²) in [5, 5.41) is 3.65. The van der Waals surface area contributed by atoms with Gasteiger partial charge >= 0.3 is 0 Å². The molecule has 28 heavy (non-hydrogen) atoms. The van der Waals surface area contributed by atoms with Crippen molar-refractivity contribution in [2.75, 3.05) is 32.8 Å². The highest BCUT2D eigenvalue weighted by atomic mass is 35.5. The van der Waals surface area contributed by atoms with Crippen LogP contribution in [0.1, 0.15) is 31.4 Å². The third-order valence-corrected chi connectivity index (χ3v) is 5.02. The van der Waals surface area contributed by atoms with Gasteiger partial charge in [0.25, 0.3) is 5.91 Å². The summed E-state index contributed by atoms with van der Waals surface area (Å²) in [6, 6.07) is 10.8. The second-order valence-electron chi connectivity index (χ2n) is 7.39. The molecule has 0 radical (unpaired) electrons. The molecule has 0 aliphatic carbocycles. The summed E-state index contributed by atoms with van der Waals surface area (Å²) in [6.07, 6.45) is 0. The third kappa shape index (κ3) is 5.28. The smallest absolute Gasteiger partial charge is 0.263 e. The standard InChI is InChI=1S/C21H27ClN2O4/c1-15-4-9-19(27-15)18(24-10-12-26-13-11-24)14-23-20(25)21(2,3)28-17-7-5-16(22)6-8-17/h4-9,18H,10-14H2,1-3H3,(H,23,25). The van der Waals surface area contributed by atoms with Crippen molar-refractivity contribution < 1.29 is 18.7 Å². The summed E-state index contributed by atoms with van der Waals surface area (Å²) in [5.74, 6) is 2.10. The van der Waals surface area contributed by atoms with Gasteiger partial charge in [0, 0.05) is 24.7 Å². The number of benzene rings is 1. The van der Waals surface area contributed by atoms with E-state index in [1.807, 2.05) is 19.1 Å². The Bertz CT molecular complexity index is 782. The van der Waals surface area contributed by atoms with Gasteiger partial charge in [-0.1, -0.05) is 11.6 Å². The molecule has 152 valence electrons. The van der Waals surface area contributed by atoms with E-state index in [4.69, 9.17) is 25.5 Å². The van der Waals surface area contributed by atoms with Crippen LogP contribution in [0.25, 0.3) is 0 Å². The molecule has 6 nitrogen and oxygen atoms in total. The van der Waals surface area contributed by atoms with E-state index < -0.39 is 5.60 Å². The maximum absolute atomic E-state index is 12.8. The van der Waals surface area contributed by atoms with E-state index in [9.17, 15) is 4.79 Å². The van der Waals surface area contributed by atoms with Crippen molar-refractivity contribution in [3.05, 3.63) is 52.9 Å². The number of ether oxygens (including phenoxy) is 2. The number of nitrogens with zero attached hydrogens (tertiary/aromatic N) is 1. The summed E-state index contributed by atoms with van der Waals surface area (Å²) < 4.78 is 17.2. The zero-order valence-corrected chi connectivity index (χ0v) is 17.3. The Balaban J connectivity index is 1.65. The van der Waals surface area contributed by atoms with Crippen LogP contribution in [0.15, 0.2) is 40.8 Å². The number of hydrogen-bond acceptors (Lipinski definition) is 5. The van der Waals surface area contributed by atoms with Crippen molar-refractivity contribution in [2.45, 2.75) is 32.4 Å². The first-order chi connectivity index (χ1) is 13.3. The Morgan fingerprint density at radius 3 is 2.50 bits per heavy atom. The topological polar surface area (TPSA) is 63.9 Å². The average Bonchev–Trinajstić information content (AvgIpc) is 3.10. The Hall–Kier alpha value is -2.02. The number of carbonyl (C=O) groups is 1. The number of aryl methyl sites for hydroxylation is 1. The molecule has 0 spiro atoms. The van der Waals surface area contributed by atoms with Crippen LogP contribution in [0.3, 0.4) is 0 Å². The first-order valence-corrected chi connectivity index (χ1v) is 9.84. The molecule has 1 atom stereocenters. The van der Waals surface area contributed by atoms with Crippen molar-refractivity contribution in [1.29, 1.82) is 0 Å². The summed E-state index contributed by atoms with van der Waals surface area (Å²) in [4.78, 5) is 15.1. The lowest BCUT2D eigenvalue weighted by molar-refractivity contribution is -0.134. The van der Waals surface area contributed by atoms with Gasteiger partial charge in [-0.05, 0) is 57.2 Å². The van der Waals surface area contributed by atoms with E-state index in [2.05, 4.69) is 10.2 Å². The average molecular weight is 407 g/mol. The van der Waals surface area contributed by atoms with Crippen LogP contribution in [-0.2, 0) is 9.53 Å². The van der Waals surface area contributed by atoms with Crippen LogP contribution in [0.2, 0.25) is 5.02 Å². The monoisotopic (exact) mass is 406 g/mol. The van der Waals surface area contributed by atoms with Gasteiger partial charge in [0.1, 0.15) is 17.3 Å². The molecule has 1 aliphatic rings. The molecule has 7 heteroatoms. The van der Waals surface area contributed by atoms with E-state index >= 15 is 0 Å². The van der Waals surface area contributed by atoms with Gasteiger partial charge in [-0.15, -0.1) is 0 Å². The van der Waals surface area contributed by atoms with Crippen molar-refractivity contribution in [3.63, 3.8) is 0 Å². The second-order valence-corrected chi connectivity index (χ2v) is 7.83. The lowest BCUT2D eigenvalue weighted by atomic mass is 10.1. The zero-order chi connectivity index (χ0) is 20.1. The van der Waals surface area contributed by atoms with Gasteiger partial charge in [-0.25, -0.2) is 0 Å². The highest BCUT2D eigenvalue weighted by Crippen LogP contribution is 2.25. The van der Waals surface area contributed by atoms with Crippen LogP contribution in [0.4, 0.5) is 0 Å². The summed E-state index contributed by atoms with van der Waals surface area (Å²) in [6.45, 7) is 8.79. The van der Waals surface area contributed by atoms with Gasteiger partial charge in [-0.2, -0.15) is 0 Å². The molecule has 1 aliphatic heterocycles. The van der Waals surface area contributed by atoms with Crippen molar-refractivity contribution in [3.8, 4) is 5.75 Å². The van der Waals surface area contributed by atoms with Crippen molar-refractivity contribution in [1.82, 2.24) is 10.2 Å². The van der Waals surface area contributed by atoms with Gasteiger partial charge < -0.3 is 19.2 Å². The number of amides is 1. The molecule has 0 bridgehead atoms. The SMILES string of the molecule is Cc1ccc(C(CNC(=O)C(C)(C)Oc2ccc(Cl)cc2)N2CCOCC2)o1. The maximum Gasteiger partial charge on any atom is 0.263 e. The molecule has 1 amide bonds. The molecule has 0 saturated carbocycles. The van der Waals surface area contributed by atoms with Crippen molar-refractivity contribution >= 4 is 17.5 Å². The predicted molar refractivity (Wildman–Crippen MR) is 108 cm³/mol. The molecule has 1 saturated heterocycles. The molecule has 1 fully saturated rings. The van der Waals surface area contributed by atoms with Gasteiger partial charge in [0.05, 0.1) is 19.3 Å². The number of morpholine rings is 1. The molecule has 1 aromatic carbocycles. The fourth-order valence-corrected chi connectivity index (χ4v) is 3.30. The molecule has 1 aromatic heterocycles. The second kappa shape index (κ2) is 8.99. The van der Waals surface area contributed by atoms with E-state index in [1.54, 1.807) is 38.1 Å². The Morgan fingerprint density at radius 1 is 1.21 bits per heavy atom. The number of furan rings is 1. The number of carbonyl (C=O) groups excluding carboxylic acids is 1. The fraction of sp³-hybridized carbons (Fsp3) is 0.476. The number of rotatable bonds is 7. The minimum Gasteiger partial charge on any atom is -0.478 e. The lowest BCUT2D eigenvalue weighted by Gasteiger charge is -2.34. The van der Waals surface area contributed by atoms with E-state index in [1.165, 1.54) is 0 Å². The maximum atomic E-state index is 12.8. The summed E-state index contributed by atoms with van der Waals surface area (Å²) >= 11 is 5.91. The molecule has 3 rings (SSSR count). The Morgan fingerprint density at radius 2 is 1.89 bits per heavy atom.